The predicted molar refractivity (Wildman–Crippen MR) is 87.1 cm³/mol. The third-order valence-electron chi connectivity index (χ3n) is 4.49. The highest BCUT2D eigenvalue weighted by Crippen LogP contribution is 2.30. The maximum atomic E-state index is 2.38. The maximum absolute atomic E-state index is 2.38. The summed E-state index contributed by atoms with van der Waals surface area (Å²) in [6.45, 7) is 6.78. The number of rotatable bonds is 2. The second-order valence-corrected chi connectivity index (χ2v) is 6.08. The first kappa shape index (κ1) is 13.2. The molecule has 1 unspecified atom stereocenters. The third-order valence-corrected chi connectivity index (χ3v) is 4.49. The van der Waals surface area contributed by atoms with Gasteiger partial charge < -0.3 is 0 Å². The average molecular weight is 262 g/mol. The van der Waals surface area contributed by atoms with Crippen LogP contribution in [0.2, 0.25) is 0 Å². The highest BCUT2D eigenvalue weighted by Gasteiger charge is 2.16. The van der Waals surface area contributed by atoms with E-state index >= 15 is 0 Å². The molecule has 0 heterocycles. The highest BCUT2D eigenvalue weighted by molar-refractivity contribution is 5.59. The van der Waals surface area contributed by atoms with Gasteiger partial charge in [-0.15, -0.1) is 0 Å². The van der Waals surface area contributed by atoms with Crippen LogP contribution < -0.4 is 10.4 Å². The van der Waals surface area contributed by atoms with E-state index in [9.17, 15) is 0 Å². The molecule has 0 saturated carbocycles. The Balaban J connectivity index is 2.02. The van der Waals surface area contributed by atoms with Crippen molar-refractivity contribution in [1.29, 1.82) is 0 Å². The fourth-order valence-corrected chi connectivity index (χ4v) is 3.14. The minimum atomic E-state index is 0.533. The second-order valence-electron chi connectivity index (χ2n) is 6.08. The van der Waals surface area contributed by atoms with Gasteiger partial charge in [0.15, 0.2) is 0 Å². The highest BCUT2D eigenvalue weighted by atomic mass is 14.2. The van der Waals surface area contributed by atoms with Crippen LogP contribution in [0.25, 0.3) is 11.6 Å². The Labute approximate surface area is 121 Å². The largest absolute Gasteiger partial charge is 0.0757 e. The number of hydrogen-bond donors (Lipinski definition) is 0. The van der Waals surface area contributed by atoms with Crippen LogP contribution in [0.5, 0.6) is 0 Å². The molecule has 3 rings (SSSR count). The molecule has 0 radical (unpaired) electrons. The van der Waals surface area contributed by atoms with E-state index in [1.165, 1.54) is 27.1 Å². The molecule has 0 spiro atoms. The molecular weight excluding hydrogens is 240 g/mol. The van der Waals surface area contributed by atoms with Gasteiger partial charge in [0, 0.05) is 5.92 Å². The standard InChI is InChI=1S/C20H22/c1-14(2)16-8-10-18(11-9-16)20-13-12-17-6-4-5-7-19(17)15(20)3/h4-12,14,20H,13H2,1-3H3. The Kier molecular flexibility index (Phi) is 3.48. The first-order valence-electron chi connectivity index (χ1n) is 7.52. The smallest absolute Gasteiger partial charge is 0.00894 e. The second kappa shape index (κ2) is 5.28. The minimum Gasteiger partial charge on any atom is -0.0757 e. The molecule has 0 nitrogen and oxygen atoms in total. The van der Waals surface area contributed by atoms with Crippen molar-refractivity contribution in [3.05, 3.63) is 70.1 Å². The Morgan fingerprint density at radius 2 is 1.65 bits per heavy atom. The number of benzene rings is 2. The summed E-state index contributed by atoms with van der Waals surface area (Å²) >= 11 is 0. The Morgan fingerprint density at radius 3 is 2.35 bits per heavy atom. The van der Waals surface area contributed by atoms with E-state index in [2.05, 4.69) is 75.4 Å². The molecule has 0 fully saturated rings. The first-order chi connectivity index (χ1) is 9.66. The van der Waals surface area contributed by atoms with Crippen LogP contribution in [0, 0.1) is 0 Å². The topological polar surface area (TPSA) is 0 Å². The van der Waals surface area contributed by atoms with Gasteiger partial charge in [-0.05, 0) is 40.8 Å². The lowest BCUT2D eigenvalue weighted by molar-refractivity contribution is 0.852. The zero-order valence-electron chi connectivity index (χ0n) is 12.6. The van der Waals surface area contributed by atoms with Crippen LogP contribution in [0.15, 0.2) is 48.5 Å². The van der Waals surface area contributed by atoms with Crippen molar-refractivity contribution in [3.8, 4) is 0 Å². The van der Waals surface area contributed by atoms with Crippen molar-refractivity contribution in [2.24, 2.45) is 0 Å². The zero-order chi connectivity index (χ0) is 14.1. The van der Waals surface area contributed by atoms with Crippen LogP contribution >= 0.6 is 0 Å². The molecule has 0 aliphatic heterocycles. The molecule has 0 heteroatoms. The molecule has 1 aliphatic rings. The summed E-state index contributed by atoms with van der Waals surface area (Å²) in [6, 6.07) is 17.9. The van der Waals surface area contributed by atoms with Gasteiger partial charge in [0.05, 0.1) is 0 Å². The van der Waals surface area contributed by atoms with Gasteiger partial charge in [-0.25, -0.2) is 0 Å². The van der Waals surface area contributed by atoms with E-state index in [1.54, 1.807) is 0 Å². The quantitative estimate of drug-likeness (QED) is 0.769. The number of fused-ring (bicyclic) bond motifs is 1. The normalized spacial score (nSPS) is 17.8. The summed E-state index contributed by atoms with van der Waals surface area (Å²) in [5, 5.41) is 2.80. The van der Waals surface area contributed by atoms with Crippen LogP contribution in [-0.4, -0.2) is 0 Å². The molecule has 102 valence electrons. The SMILES string of the molecule is CC1=c2ccccc2=CCC1c1ccc(C(C)C)cc1. The summed E-state index contributed by atoms with van der Waals surface area (Å²) in [4.78, 5) is 0. The van der Waals surface area contributed by atoms with Crippen molar-refractivity contribution < 1.29 is 0 Å². The van der Waals surface area contributed by atoms with Crippen molar-refractivity contribution in [2.45, 2.75) is 39.0 Å². The van der Waals surface area contributed by atoms with Gasteiger partial charge in [0.25, 0.3) is 0 Å². The van der Waals surface area contributed by atoms with Crippen LogP contribution in [0.3, 0.4) is 0 Å². The summed E-state index contributed by atoms with van der Waals surface area (Å²) in [6.07, 6.45) is 3.49. The summed E-state index contributed by atoms with van der Waals surface area (Å²) in [7, 11) is 0. The molecule has 1 aliphatic carbocycles. The molecule has 2 aromatic rings. The molecule has 0 saturated heterocycles. The first-order valence-corrected chi connectivity index (χ1v) is 7.52. The molecule has 20 heavy (non-hydrogen) atoms. The Bertz CT molecular complexity index is 717. The third kappa shape index (κ3) is 2.31. The van der Waals surface area contributed by atoms with Crippen molar-refractivity contribution in [2.75, 3.05) is 0 Å². The van der Waals surface area contributed by atoms with E-state index in [0.29, 0.717) is 11.8 Å². The van der Waals surface area contributed by atoms with Crippen molar-refractivity contribution in [1.82, 2.24) is 0 Å². The van der Waals surface area contributed by atoms with E-state index in [0.717, 1.165) is 6.42 Å². The number of hydrogen-bond acceptors (Lipinski definition) is 0. The molecule has 2 aromatic carbocycles. The molecule has 1 atom stereocenters. The fourth-order valence-electron chi connectivity index (χ4n) is 3.14. The average Bonchev–Trinajstić information content (AvgIpc) is 2.48. The van der Waals surface area contributed by atoms with E-state index < -0.39 is 0 Å². The lowest BCUT2D eigenvalue weighted by atomic mass is 9.83. The Hall–Kier alpha value is -1.82. The summed E-state index contributed by atoms with van der Waals surface area (Å²) in [5.74, 6) is 1.14. The summed E-state index contributed by atoms with van der Waals surface area (Å²) in [5.41, 5.74) is 4.37. The van der Waals surface area contributed by atoms with Crippen molar-refractivity contribution in [3.63, 3.8) is 0 Å². The predicted octanol–water partition coefficient (Wildman–Crippen LogP) is 3.95. The summed E-state index contributed by atoms with van der Waals surface area (Å²) < 4.78 is 0. The van der Waals surface area contributed by atoms with E-state index in [-0.39, 0.29) is 0 Å². The minimum absolute atomic E-state index is 0.533. The lowest BCUT2D eigenvalue weighted by Crippen LogP contribution is -2.30. The Morgan fingerprint density at radius 1 is 0.950 bits per heavy atom. The van der Waals surface area contributed by atoms with Gasteiger partial charge in [-0.1, -0.05) is 74.0 Å². The van der Waals surface area contributed by atoms with Crippen molar-refractivity contribution >= 4 is 11.6 Å². The van der Waals surface area contributed by atoms with E-state index in [4.69, 9.17) is 0 Å². The van der Waals surface area contributed by atoms with E-state index in [1.807, 2.05) is 0 Å². The molecule has 0 bridgehead atoms. The van der Waals surface area contributed by atoms with Crippen LogP contribution in [-0.2, 0) is 0 Å². The molecular formula is C20H22. The molecule has 0 N–H and O–H groups in total. The van der Waals surface area contributed by atoms with Crippen LogP contribution in [0.1, 0.15) is 50.2 Å². The monoisotopic (exact) mass is 262 g/mol. The van der Waals surface area contributed by atoms with Gasteiger partial charge in [0.1, 0.15) is 0 Å². The maximum Gasteiger partial charge on any atom is 0.00894 e. The molecule has 0 aromatic heterocycles. The fraction of sp³-hybridized carbons (Fsp3) is 0.300. The molecule has 0 amide bonds. The lowest BCUT2D eigenvalue weighted by Gasteiger charge is -2.21. The van der Waals surface area contributed by atoms with Gasteiger partial charge in [-0.2, -0.15) is 0 Å². The van der Waals surface area contributed by atoms with Gasteiger partial charge in [-0.3, -0.25) is 0 Å². The van der Waals surface area contributed by atoms with Crippen LogP contribution in [0.4, 0.5) is 0 Å². The zero-order valence-corrected chi connectivity index (χ0v) is 12.6. The van der Waals surface area contributed by atoms with Gasteiger partial charge >= 0.3 is 0 Å². The van der Waals surface area contributed by atoms with Gasteiger partial charge in [0.2, 0.25) is 0 Å².